The van der Waals surface area contributed by atoms with Crippen LogP contribution in [0.15, 0.2) is 146 Å². The van der Waals surface area contributed by atoms with Gasteiger partial charge in [0.1, 0.15) is 37.0 Å². The van der Waals surface area contributed by atoms with Crippen molar-refractivity contribution < 1.29 is 33.6 Å². The van der Waals surface area contributed by atoms with E-state index in [1.165, 1.54) is 0 Å². The topological polar surface area (TPSA) is 83.5 Å². The fourth-order valence-corrected chi connectivity index (χ4v) is 6.03. The number of rotatable bonds is 15. The molecule has 5 aromatic carbocycles. The summed E-state index contributed by atoms with van der Waals surface area (Å²) >= 11 is 0. The lowest BCUT2D eigenvalue weighted by atomic mass is 9.85. The Kier molecular flexibility index (Phi) is 11.7. The van der Waals surface area contributed by atoms with Gasteiger partial charge in [0, 0.05) is 5.56 Å². The second-order valence-corrected chi connectivity index (χ2v) is 12.4. The van der Waals surface area contributed by atoms with Gasteiger partial charge in [0.15, 0.2) is 0 Å². The van der Waals surface area contributed by atoms with Crippen molar-refractivity contribution in [2.45, 2.75) is 57.5 Å². The number of ether oxygens (including phenoxy) is 5. The van der Waals surface area contributed by atoms with Gasteiger partial charge in [-0.3, -0.25) is 4.79 Å². The van der Waals surface area contributed by atoms with Gasteiger partial charge >= 0.3 is 0 Å². The second-order valence-electron chi connectivity index (χ2n) is 12.4. The lowest BCUT2D eigenvalue weighted by Crippen LogP contribution is -2.59. The molecule has 1 unspecified atom stereocenters. The molecule has 1 aliphatic heterocycles. The van der Waals surface area contributed by atoms with E-state index in [-0.39, 0.29) is 32.0 Å². The van der Waals surface area contributed by atoms with Crippen LogP contribution in [0.3, 0.4) is 0 Å². The van der Waals surface area contributed by atoms with E-state index in [1.54, 1.807) is 12.1 Å². The molecule has 1 heterocycles. The molecule has 5 aromatic rings. The quantitative estimate of drug-likeness (QED) is 0.0897. The molecule has 7 heteroatoms. The summed E-state index contributed by atoms with van der Waals surface area (Å²) in [5.74, 6) is -1.80. The zero-order valence-electron chi connectivity index (χ0n) is 28.2. The average Bonchev–Trinajstić information content (AvgIpc) is 3.16. The van der Waals surface area contributed by atoms with Gasteiger partial charge in [-0.2, -0.15) is 0 Å². The second kappa shape index (κ2) is 16.7. The molecule has 0 aliphatic carbocycles. The Hall–Kier alpha value is -4.89. The zero-order chi connectivity index (χ0) is 34.8. The van der Waals surface area contributed by atoms with Crippen molar-refractivity contribution >= 4 is 6.29 Å². The standard InChI is InChI=1S/C43H42O7/c1-31-23-39(47-27-34-17-9-4-10-18-34)38(24-37(31)25-44)43(45)42(49-29-36-21-13-6-14-22-36)41(48-28-35-19-11-5-12-20-35)32(2)40(50-43)30-46-26-33-15-7-3-8-16-33/h3-25,40-42,45H,2,26-30H2,1H3/t40-,41+,42-,43?/m1/s1. The van der Waals surface area contributed by atoms with Crippen LogP contribution in [-0.4, -0.2) is 36.3 Å². The molecule has 0 spiro atoms. The largest absolute Gasteiger partial charge is 0.488 e. The minimum Gasteiger partial charge on any atom is -0.488 e. The smallest absolute Gasteiger partial charge is 0.226 e. The Bertz CT molecular complexity index is 1830. The van der Waals surface area contributed by atoms with Crippen LogP contribution in [-0.2, 0) is 51.2 Å². The lowest BCUT2D eigenvalue weighted by Gasteiger charge is -2.48. The van der Waals surface area contributed by atoms with Crippen LogP contribution >= 0.6 is 0 Å². The van der Waals surface area contributed by atoms with Crippen molar-refractivity contribution in [3.05, 3.63) is 185 Å². The van der Waals surface area contributed by atoms with E-state index in [9.17, 15) is 9.90 Å². The third kappa shape index (κ3) is 8.45. The van der Waals surface area contributed by atoms with Crippen LogP contribution < -0.4 is 4.74 Å². The fraction of sp³-hybridized carbons (Fsp3) is 0.233. The first kappa shape index (κ1) is 35.0. The van der Waals surface area contributed by atoms with Crippen molar-refractivity contribution in [1.82, 2.24) is 0 Å². The molecule has 256 valence electrons. The Morgan fingerprint density at radius 3 is 1.76 bits per heavy atom. The highest BCUT2D eigenvalue weighted by Crippen LogP contribution is 2.45. The van der Waals surface area contributed by atoms with Gasteiger partial charge < -0.3 is 28.8 Å². The first-order chi connectivity index (χ1) is 24.4. The van der Waals surface area contributed by atoms with Crippen LogP contribution in [0.5, 0.6) is 5.75 Å². The van der Waals surface area contributed by atoms with E-state index in [4.69, 9.17) is 23.7 Å². The summed E-state index contributed by atoms with van der Waals surface area (Å²) < 4.78 is 32.4. The van der Waals surface area contributed by atoms with Gasteiger partial charge in [-0.05, 0) is 52.4 Å². The van der Waals surface area contributed by atoms with Crippen molar-refractivity contribution in [3.8, 4) is 5.75 Å². The van der Waals surface area contributed by atoms with E-state index in [0.29, 0.717) is 29.1 Å². The van der Waals surface area contributed by atoms with Crippen LogP contribution in [0.2, 0.25) is 0 Å². The van der Waals surface area contributed by atoms with Gasteiger partial charge in [0.05, 0.1) is 32.0 Å². The Morgan fingerprint density at radius 2 is 1.22 bits per heavy atom. The SMILES string of the molecule is C=C1[C@@H](COCc2ccccc2)OC(O)(c2cc(C=O)c(C)cc2OCc2ccccc2)[C@H](OCc2ccccc2)[C@H]1OCc1ccccc1. The minimum absolute atomic E-state index is 0.0826. The number of aryl methyl sites for hydroxylation is 1. The molecule has 1 aliphatic rings. The van der Waals surface area contributed by atoms with Gasteiger partial charge in [0.2, 0.25) is 5.79 Å². The van der Waals surface area contributed by atoms with E-state index in [2.05, 4.69) is 6.58 Å². The van der Waals surface area contributed by atoms with Crippen molar-refractivity contribution in [3.63, 3.8) is 0 Å². The molecule has 1 saturated heterocycles. The maximum atomic E-state index is 13.0. The number of aldehydes is 1. The fourth-order valence-electron chi connectivity index (χ4n) is 6.03. The molecule has 1 fully saturated rings. The molecule has 1 N–H and O–H groups in total. The van der Waals surface area contributed by atoms with E-state index in [1.807, 2.05) is 128 Å². The maximum absolute atomic E-state index is 13.0. The third-order valence-corrected chi connectivity index (χ3v) is 8.81. The average molecular weight is 671 g/mol. The molecule has 7 nitrogen and oxygen atoms in total. The first-order valence-corrected chi connectivity index (χ1v) is 16.7. The molecular weight excluding hydrogens is 628 g/mol. The van der Waals surface area contributed by atoms with Gasteiger partial charge in [0.25, 0.3) is 0 Å². The molecule has 0 bridgehead atoms. The van der Waals surface area contributed by atoms with Crippen molar-refractivity contribution in [2.75, 3.05) is 6.61 Å². The molecule has 0 amide bonds. The van der Waals surface area contributed by atoms with Crippen LogP contribution in [0, 0.1) is 6.92 Å². The molecule has 4 atom stereocenters. The number of hydrogen-bond donors (Lipinski definition) is 1. The summed E-state index contributed by atoms with van der Waals surface area (Å²) in [7, 11) is 0. The molecule has 6 rings (SSSR count). The van der Waals surface area contributed by atoms with Gasteiger partial charge in [-0.1, -0.05) is 128 Å². The number of aliphatic hydroxyl groups is 1. The number of carbonyl (C=O) groups excluding carboxylic acids is 1. The van der Waals surface area contributed by atoms with Crippen LogP contribution in [0.1, 0.15) is 43.7 Å². The highest BCUT2D eigenvalue weighted by Gasteiger charge is 2.55. The summed E-state index contributed by atoms with van der Waals surface area (Å²) in [6.07, 6.45) is -2.00. The predicted molar refractivity (Wildman–Crippen MR) is 191 cm³/mol. The minimum atomic E-state index is -2.16. The predicted octanol–water partition coefficient (Wildman–Crippen LogP) is 7.87. The van der Waals surface area contributed by atoms with Gasteiger partial charge in [-0.15, -0.1) is 0 Å². The summed E-state index contributed by atoms with van der Waals surface area (Å²) in [5.41, 5.74) is 5.66. The summed E-state index contributed by atoms with van der Waals surface area (Å²) in [4.78, 5) is 12.3. The summed E-state index contributed by atoms with van der Waals surface area (Å²) in [6, 6.07) is 42.4. The molecule has 0 aromatic heterocycles. The lowest BCUT2D eigenvalue weighted by molar-refractivity contribution is -0.335. The summed E-state index contributed by atoms with van der Waals surface area (Å²) in [5, 5.41) is 13.0. The molecule has 50 heavy (non-hydrogen) atoms. The Labute approximate surface area is 293 Å². The first-order valence-electron chi connectivity index (χ1n) is 16.7. The third-order valence-electron chi connectivity index (χ3n) is 8.81. The normalized spacial score (nSPS) is 20.4. The molecule has 0 radical (unpaired) electrons. The molecule has 0 saturated carbocycles. The zero-order valence-corrected chi connectivity index (χ0v) is 28.2. The Balaban J connectivity index is 1.41. The monoisotopic (exact) mass is 670 g/mol. The maximum Gasteiger partial charge on any atom is 0.226 e. The van der Waals surface area contributed by atoms with Crippen LogP contribution in [0.4, 0.5) is 0 Å². The highest BCUT2D eigenvalue weighted by atomic mass is 16.7. The van der Waals surface area contributed by atoms with E-state index < -0.39 is 24.1 Å². The van der Waals surface area contributed by atoms with Crippen molar-refractivity contribution in [2.24, 2.45) is 0 Å². The van der Waals surface area contributed by atoms with E-state index in [0.717, 1.165) is 28.5 Å². The van der Waals surface area contributed by atoms with Crippen LogP contribution in [0.25, 0.3) is 0 Å². The number of carbonyl (C=O) groups is 1. The summed E-state index contributed by atoms with van der Waals surface area (Å²) in [6.45, 7) is 7.27. The molecular formula is C43H42O7. The van der Waals surface area contributed by atoms with Crippen molar-refractivity contribution in [1.29, 1.82) is 0 Å². The number of hydrogen-bond acceptors (Lipinski definition) is 7. The van der Waals surface area contributed by atoms with Gasteiger partial charge in [-0.25, -0.2) is 0 Å². The Morgan fingerprint density at radius 1 is 0.720 bits per heavy atom. The highest BCUT2D eigenvalue weighted by molar-refractivity contribution is 5.78. The number of benzene rings is 5. The van der Waals surface area contributed by atoms with E-state index >= 15 is 0 Å².